The standard InChI is InChI=1S/C26H24Cl2F3NO2.C25H25Cl2NO3/c1-32(25(19-5-9-21(27)10-6-19)20-7-11-22(28)12-8-20)16-17-34-23-13-2-18(3-14-23)4-15-24(33)26(29,30)31;1-28(16-17-31-23-13-2-18(3-14-23)4-15-24(29)30)25(19-5-9-21(26)10-6-19)20-7-11-22(27)12-8-20/h2-3,5-14,25H,4,15-17H2,1H3;2-3,5-14,25H,4,15-17H2,1H3,(H,29,30). The number of rotatable bonds is 20. The van der Waals surface area contributed by atoms with E-state index in [-0.39, 0.29) is 24.9 Å². The number of ketones is 1. The van der Waals surface area contributed by atoms with Gasteiger partial charge < -0.3 is 14.6 Å². The lowest BCUT2D eigenvalue weighted by Crippen LogP contribution is -2.29. The SMILES string of the molecule is CN(CCOc1ccc(CCC(=O)C(F)(F)F)cc1)C(c1ccc(Cl)cc1)c1ccc(Cl)cc1.CN(CCOc1ccc(CCC(=O)O)cc1)C(c1ccc(Cl)cc1)c1ccc(Cl)cc1. The second kappa shape index (κ2) is 25.0. The second-order valence-corrected chi connectivity index (χ2v) is 17.0. The number of carbonyl (C=O) groups excluding carboxylic acids is 1. The van der Waals surface area contributed by atoms with Gasteiger partial charge in [-0.1, -0.05) is 119 Å². The number of carboxylic acids is 1. The first-order valence-electron chi connectivity index (χ1n) is 20.7. The van der Waals surface area contributed by atoms with Crippen LogP contribution in [0.1, 0.15) is 58.3 Å². The molecule has 0 atom stereocenters. The fourth-order valence-electron chi connectivity index (χ4n) is 7.01. The van der Waals surface area contributed by atoms with Crippen molar-refractivity contribution >= 4 is 58.2 Å². The third-order valence-electron chi connectivity index (χ3n) is 10.5. The van der Waals surface area contributed by atoms with Gasteiger partial charge in [0.1, 0.15) is 24.7 Å². The molecule has 0 saturated carbocycles. The first-order valence-corrected chi connectivity index (χ1v) is 22.2. The molecule has 0 unspecified atom stereocenters. The van der Waals surface area contributed by atoms with Crippen molar-refractivity contribution in [2.75, 3.05) is 40.4 Å². The molecule has 0 aliphatic rings. The first kappa shape index (κ1) is 50.9. The number of halogens is 7. The number of hydrogen-bond donors (Lipinski definition) is 1. The third kappa shape index (κ3) is 16.7. The Balaban J connectivity index is 0.000000245. The molecule has 0 fully saturated rings. The van der Waals surface area contributed by atoms with Crippen LogP contribution in [0, 0.1) is 0 Å². The van der Waals surface area contributed by atoms with Crippen LogP contribution in [0.5, 0.6) is 11.5 Å². The summed E-state index contributed by atoms with van der Waals surface area (Å²) in [7, 11) is 4.06. The largest absolute Gasteiger partial charge is 0.492 e. The molecule has 0 heterocycles. The van der Waals surface area contributed by atoms with Gasteiger partial charge in [0.2, 0.25) is 5.78 Å². The van der Waals surface area contributed by atoms with Crippen LogP contribution in [0.4, 0.5) is 13.2 Å². The Hall–Kier alpha value is -5.07. The van der Waals surface area contributed by atoms with Gasteiger partial charge in [-0.25, -0.2) is 0 Å². The molecule has 0 aliphatic carbocycles. The molecule has 0 bridgehead atoms. The summed E-state index contributed by atoms with van der Waals surface area (Å²) in [5.41, 5.74) is 6.05. The van der Waals surface area contributed by atoms with Gasteiger partial charge >= 0.3 is 12.1 Å². The maximum Gasteiger partial charge on any atom is 0.449 e. The van der Waals surface area contributed by atoms with E-state index >= 15 is 0 Å². The van der Waals surface area contributed by atoms with E-state index in [9.17, 15) is 22.8 Å². The maximum atomic E-state index is 12.3. The van der Waals surface area contributed by atoms with Crippen LogP contribution < -0.4 is 9.47 Å². The molecule has 6 aromatic rings. The highest BCUT2D eigenvalue weighted by Crippen LogP contribution is 2.31. The summed E-state index contributed by atoms with van der Waals surface area (Å²) < 4.78 is 48.8. The molecule has 14 heteroatoms. The zero-order valence-electron chi connectivity index (χ0n) is 35.8. The van der Waals surface area contributed by atoms with Crippen LogP contribution in [-0.2, 0) is 22.4 Å². The number of carbonyl (C=O) groups is 2. The van der Waals surface area contributed by atoms with Crippen molar-refractivity contribution in [3.05, 3.63) is 199 Å². The summed E-state index contributed by atoms with van der Waals surface area (Å²) in [5, 5.41) is 11.5. The Morgan fingerprint density at radius 1 is 0.508 bits per heavy atom. The van der Waals surface area contributed by atoms with Crippen LogP contribution in [-0.4, -0.2) is 73.2 Å². The van der Waals surface area contributed by atoms with Gasteiger partial charge in [0, 0.05) is 46.0 Å². The Morgan fingerprint density at radius 2 is 0.800 bits per heavy atom. The van der Waals surface area contributed by atoms with Crippen LogP contribution in [0.3, 0.4) is 0 Å². The molecule has 1 N–H and O–H groups in total. The number of aliphatic carboxylic acids is 1. The van der Waals surface area contributed by atoms with Gasteiger partial charge in [0.15, 0.2) is 0 Å². The van der Waals surface area contributed by atoms with E-state index in [1.54, 1.807) is 24.3 Å². The van der Waals surface area contributed by atoms with Crippen LogP contribution in [0.2, 0.25) is 20.1 Å². The molecule has 0 aliphatic heterocycles. The molecule has 6 aromatic carbocycles. The van der Waals surface area contributed by atoms with E-state index < -0.39 is 24.3 Å². The summed E-state index contributed by atoms with van der Waals surface area (Å²) in [6, 6.07) is 45.4. The summed E-state index contributed by atoms with van der Waals surface area (Å²) in [4.78, 5) is 26.1. The highest BCUT2D eigenvalue weighted by Gasteiger charge is 2.37. The number of hydrogen-bond acceptors (Lipinski definition) is 6. The maximum absolute atomic E-state index is 12.3. The molecule has 6 rings (SSSR count). The van der Waals surface area contributed by atoms with E-state index in [4.69, 9.17) is 61.0 Å². The summed E-state index contributed by atoms with van der Waals surface area (Å²) in [5.74, 6) is -1.14. The zero-order valence-corrected chi connectivity index (χ0v) is 38.8. The number of Topliss-reactive ketones (excluding diaryl/α,β-unsaturated/α-hetero) is 1. The van der Waals surface area contributed by atoms with Crippen LogP contribution in [0.15, 0.2) is 146 Å². The minimum Gasteiger partial charge on any atom is -0.492 e. The Kier molecular flexibility index (Phi) is 19.6. The van der Waals surface area contributed by atoms with Crippen molar-refractivity contribution in [2.45, 2.75) is 43.9 Å². The van der Waals surface area contributed by atoms with E-state index in [0.29, 0.717) is 64.1 Å². The summed E-state index contributed by atoms with van der Waals surface area (Å²) in [6.07, 6.45) is -4.68. The van der Waals surface area contributed by atoms with E-state index in [1.165, 1.54) is 0 Å². The van der Waals surface area contributed by atoms with Crippen molar-refractivity contribution in [3.8, 4) is 11.5 Å². The highest BCUT2D eigenvalue weighted by molar-refractivity contribution is 6.31. The van der Waals surface area contributed by atoms with Gasteiger partial charge in [-0.2, -0.15) is 13.2 Å². The normalized spacial score (nSPS) is 11.5. The lowest BCUT2D eigenvalue weighted by Gasteiger charge is -2.29. The van der Waals surface area contributed by atoms with Gasteiger partial charge in [-0.15, -0.1) is 0 Å². The highest BCUT2D eigenvalue weighted by atomic mass is 35.5. The monoisotopic (exact) mass is 966 g/mol. The molecule has 0 aromatic heterocycles. The molecule has 0 radical (unpaired) electrons. The number of likely N-dealkylation sites (N-methyl/N-ethyl adjacent to an activating group) is 2. The predicted molar refractivity (Wildman–Crippen MR) is 254 cm³/mol. The van der Waals surface area contributed by atoms with Gasteiger partial charge in [-0.05, 0) is 133 Å². The molecule has 65 heavy (non-hydrogen) atoms. The topological polar surface area (TPSA) is 79.3 Å². The van der Waals surface area contributed by atoms with Gasteiger partial charge in [0.05, 0.1) is 12.1 Å². The Morgan fingerprint density at radius 3 is 1.08 bits per heavy atom. The van der Waals surface area contributed by atoms with Crippen molar-refractivity contribution in [3.63, 3.8) is 0 Å². The van der Waals surface area contributed by atoms with Crippen LogP contribution >= 0.6 is 46.4 Å². The zero-order chi connectivity index (χ0) is 46.9. The predicted octanol–water partition coefficient (Wildman–Crippen LogP) is 13.3. The number of benzene rings is 6. The molecule has 0 saturated heterocycles. The molecular formula is C51H49Cl4F3N2O5. The molecule has 0 amide bonds. The number of alkyl halides is 3. The van der Waals surface area contributed by atoms with E-state index in [2.05, 4.69) is 16.8 Å². The van der Waals surface area contributed by atoms with Crippen molar-refractivity contribution in [2.24, 2.45) is 0 Å². The Bertz CT molecular complexity index is 2300. The first-order chi connectivity index (χ1) is 31.0. The number of ether oxygens (including phenoxy) is 2. The van der Waals surface area contributed by atoms with Gasteiger partial charge in [0.25, 0.3) is 0 Å². The number of nitrogens with zero attached hydrogens (tertiary/aromatic N) is 2. The van der Waals surface area contributed by atoms with Crippen LogP contribution in [0.25, 0.3) is 0 Å². The summed E-state index contributed by atoms with van der Waals surface area (Å²) in [6.45, 7) is 2.23. The summed E-state index contributed by atoms with van der Waals surface area (Å²) >= 11 is 24.3. The van der Waals surface area contributed by atoms with E-state index in [0.717, 1.165) is 33.6 Å². The number of aryl methyl sites for hydroxylation is 2. The molecule has 342 valence electrons. The van der Waals surface area contributed by atoms with Crippen molar-refractivity contribution in [1.29, 1.82) is 0 Å². The molecular weight excluding hydrogens is 919 g/mol. The molecule has 0 spiro atoms. The quantitative estimate of drug-likeness (QED) is 0.0816. The smallest absolute Gasteiger partial charge is 0.449 e. The fourth-order valence-corrected chi connectivity index (χ4v) is 7.52. The van der Waals surface area contributed by atoms with Crippen molar-refractivity contribution < 1.29 is 37.3 Å². The van der Waals surface area contributed by atoms with E-state index in [1.807, 2.05) is 128 Å². The average molecular weight is 969 g/mol. The lowest BCUT2D eigenvalue weighted by molar-refractivity contribution is -0.171. The second-order valence-electron chi connectivity index (χ2n) is 15.3. The average Bonchev–Trinajstić information content (AvgIpc) is 3.28. The third-order valence-corrected chi connectivity index (χ3v) is 11.5. The lowest BCUT2D eigenvalue weighted by atomic mass is 9.97. The minimum atomic E-state index is -4.79. The number of carboxylic acid groups (broad SMARTS) is 1. The fraction of sp³-hybridized carbons (Fsp3) is 0.255. The van der Waals surface area contributed by atoms with Gasteiger partial charge in [-0.3, -0.25) is 19.4 Å². The molecule has 7 nitrogen and oxygen atoms in total. The van der Waals surface area contributed by atoms with Crippen molar-refractivity contribution in [1.82, 2.24) is 9.80 Å². The Labute approximate surface area is 398 Å². The minimum absolute atomic E-state index is 0.0330.